The van der Waals surface area contributed by atoms with Crippen LogP contribution in [0.2, 0.25) is 0 Å². The minimum Gasteiger partial charge on any atom is -0.494 e. The molecule has 1 N–H and O–H groups in total. The second-order valence-electron chi connectivity index (χ2n) is 5.71. The van der Waals surface area contributed by atoms with Crippen molar-refractivity contribution in [1.82, 2.24) is 9.55 Å². The van der Waals surface area contributed by atoms with E-state index in [4.69, 9.17) is 9.84 Å². The number of carboxylic acid groups (broad SMARTS) is 1. The molecule has 0 fully saturated rings. The van der Waals surface area contributed by atoms with Crippen LogP contribution in [0.15, 0.2) is 36.9 Å². The summed E-state index contributed by atoms with van der Waals surface area (Å²) >= 11 is 0. The van der Waals surface area contributed by atoms with Crippen molar-refractivity contribution in [1.29, 1.82) is 0 Å². The van der Waals surface area contributed by atoms with Crippen LogP contribution in [-0.4, -0.2) is 40.3 Å². The molecular weight excluding hydrogens is 294 g/mol. The average Bonchev–Trinajstić information content (AvgIpc) is 3.13. The Morgan fingerprint density at radius 1 is 1.48 bits per heavy atom. The maximum absolute atomic E-state index is 11.1. The second-order valence-corrected chi connectivity index (χ2v) is 5.71. The Balaban J connectivity index is 1.80. The van der Waals surface area contributed by atoms with Gasteiger partial charge < -0.3 is 19.3 Å². The van der Waals surface area contributed by atoms with Gasteiger partial charge in [0.1, 0.15) is 12.3 Å². The van der Waals surface area contributed by atoms with E-state index in [0.29, 0.717) is 12.5 Å². The zero-order valence-electron chi connectivity index (χ0n) is 13.2. The molecule has 0 radical (unpaired) electrons. The van der Waals surface area contributed by atoms with Crippen LogP contribution in [0.5, 0.6) is 5.75 Å². The number of nitrogens with zero attached hydrogens (tertiary/aromatic N) is 3. The number of hydrogen-bond acceptors (Lipinski definition) is 4. The smallest absolute Gasteiger partial charge is 0.323 e. The van der Waals surface area contributed by atoms with Gasteiger partial charge in [0.15, 0.2) is 0 Å². The van der Waals surface area contributed by atoms with Crippen LogP contribution >= 0.6 is 0 Å². The zero-order valence-corrected chi connectivity index (χ0v) is 13.2. The number of fused-ring (bicyclic) bond motifs is 1. The molecule has 1 aromatic carbocycles. The van der Waals surface area contributed by atoms with Crippen molar-refractivity contribution in [3.8, 4) is 5.75 Å². The van der Waals surface area contributed by atoms with Crippen LogP contribution in [0.25, 0.3) is 0 Å². The van der Waals surface area contributed by atoms with Gasteiger partial charge in [-0.3, -0.25) is 4.79 Å². The van der Waals surface area contributed by atoms with Crippen molar-refractivity contribution in [3.63, 3.8) is 0 Å². The molecule has 2 heterocycles. The number of rotatable bonds is 7. The standard InChI is InChI=1S/C17H21N3O3/c1-2-23-14-3-4-16-15(9-14)13(10-20(16)11-17(21)22)5-7-19-8-6-18-12-19/h3-4,6,8-9,12-13H,2,5,7,10-11H2,1H3,(H,21,22). The quantitative estimate of drug-likeness (QED) is 0.849. The average molecular weight is 315 g/mol. The first kappa shape index (κ1) is 15.4. The summed E-state index contributed by atoms with van der Waals surface area (Å²) in [5.41, 5.74) is 2.18. The summed E-state index contributed by atoms with van der Waals surface area (Å²) in [4.78, 5) is 17.1. The third-order valence-corrected chi connectivity index (χ3v) is 4.15. The number of benzene rings is 1. The van der Waals surface area contributed by atoms with Crippen molar-refractivity contribution < 1.29 is 14.6 Å². The van der Waals surface area contributed by atoms with Crippen molar-refractivity contribution in [2.24, 2.45) is 0 Å². The summed E-state index contributed by atoms with van der Waals surface area (Å²) in [5.74, 6) is 0.336. The maximum atomic E-state index is 11.1. The van der Waals surface area contributed by atoms with E-state index in [1.165, 1.54) is 5.56 Å². The highest BCUT2D eigenvalue weighted by molar-refractivity contribution is 5.76. The lowest BCUT2D eigenvalue weighted by Crippen LogP contribution is -2.28. The lowest BCUT2D eigenvalue weighted by Gasteiger charge is -2.17. The van der Waals surface area contributed by atoms with E-state index in [9.17, 15) is 4.79 Å². The molecule has 0 bridgehead atoms. The molecular formula is C17H21N3O3. The van der Waals surface area contributed by atoms with Crippen LogP contribution in [-0.2, 0) is 11.3 Å². The van der Waals surface area contributed by atoms with Crippen molar-refractivity contribution in [2.75, 3.05) is 24.6 Å². The highest BCUT2D eigenvalue weighted by Gasteiger charge is 2.29. The highest BCUT2D eigenvalue weighted by atomic mass is 16.5. The Morgan fingerprint density at radius 3 is 3.04 bits per heavy atom. The summed E-state index contributed by atoms with van der Waals surface area (Å²) < 4.78 is 7.64. The molecule has 2 aromatic rings. The predicted octanol–water partition coefficient (Wildman–Crippen LogP) is 2.36. The summed E-state index contributed by atoms with van der Waals surface area (Å²) in [7, 11) is 0. The molecule has 1 aromatic heterocycles. The SMILES string of the molecule is CCOc1ccc2c(c1)C(CCn1ccnc1)CN2CC(=O)O. The van der Waals surface area contributed by atoms with Crippen molar-refractivity contribution >= 4 is 11.7 Å². The zero-order chi connectivity index (χ0) is 16.2. The minimum atomic E-state index is -0.805. The van der Waals surface area contributed by atoms with Crippen LogP contribution < -0.4 is 9.64 Å². The molecule has 1 atom stereocenters. The molecule has 0 saturated carbocycles. The number of ether oxygens (including phenoxy) is 1. The van der Waals surface area contributed by atoms with Crippen molar-refractivity contribution in [2.45, 2.75) is 25.8 Å². The van der Waals surface area contributed by atoms with E-state index in [0.717, 1.165) is 30.9 Å². The van der Waals surface area contributed by atoms with E-state index in [-0.39, 0.29) is 6.54 Å². The normalized spacial score (nSPS) is 16.4. The lowest BCUT2D eigenvalue weighted by atomic mass is 9.97. The first-order valence-corrected chi connectivity index (χ1v) is 7.86. The highest BCUT2D eigenvalue weighted by Crippen LogP contribution is 2.40. The van der Waals surface area contributed by atoms with E-state index in [1.54, 1.807) is 6.20 Å². The van der Waals surface area contributed by atoms with Gasteiger partial charge >= 0.3 is 5.97 Å². The number of aromatic nitrogens is 2. The molecule has 23 heavy (non-hydrogen) atoms. The van der Waals surface area contributed by atoms with Crippen LogP contribution in [0.1, 0.15) is 24.8 Å². The van der Waals surface area contributed by atoms with Gasteiger partial charge in [-0.2, -0.15) is 0 Å². The molecule has 1 unspecified atom stereocenters. The fourth-order valence-corrected chi connectivity index (χ4v) is 3.15. The monoisotopic (exact) mass is 315 g/mol. The molecule has 0 aliphatic carbocycles. The number of carbonyl (C=O) groups is 1. The third-order valence-electron chi connectivity index (χ3n) is 4.15. The van der Waals surface area contributed by atoms with Crippen LogP contribution in [0.4, 0.5) is 5.69 Å². The van der Waals surface area contributed by atoms with Gasteiger partial charge in [0, 0.05) is 37.1 Å². The predicted molar refractivity (Wildman–Crippen MR) is 87.0 cm³/mol. The Morgan fingerprint density at radius 2 is 2.35 bits per heavy atom. The first-order valence-electron chi connectivity index (χ1n) is 7.86. The largest absolute Gasteiger partial charge is 0.494 e. The fourth-order valence-electron chi connectivity index (χ4n) is 3.15. The Bertz CT molecular complexity index is 670. The first-order chi connectivity index (χ1) is 11.2. The van der Waals surface area contributed by atoms with Gasteiger partial charge in [0.05, 0.1) is 12.9 Å². The van der Waals surface area contributed by atoms with E-state index >= 15 is 0 Å². The molecule has 1 aliphatic rings. The van der Waals surface area contributed by atoms with Crippen molar-refractivity contribution in [3.05, 3.63) is 42.5 Å². The maximum Gasteiger partial charge on any atom is 0.323 e. The van der Waals surface area contributed by atoms with Gasteiger partial charge in [-0.25, -0.2) is 4.98 Å². The summed E-state index contributed by atoms with van der Waals surface area (Å²) in [6.45, 7) is 4.20. The van der Waals surface area contributed by atoms with Crippen LogP contribution in [0.3, 0.4) is 0 Å². The third kappa shape index (κ3) is 3.47. The minimum absolute atomic E-state index is 0.0303. The topological polar surface area (TPSA) is 67.6 Å². The molecule has 122 valence electrons. The van der Waals surface area contributed by atoms with Gasteiger partial charge in [-0.05, 0) is 37.1 Å². The molecule has 3 rings (SSSR count). The summed E-state index contributed by atoms with van der Waals surface area (Å²) in [6, 6.07) is 5.94. The number of aryl methyl sites for hydroxylation is 1. The summed E-state index contributed by atoms with van der Waals surface area (Å²) in [6.07, 6.45) is 6.46. The molecule has 6 heteroatoms. The van der Waals surface area contributed by atoms with Gasteiger partial charge in [0.25, 0.3) is 0 Å². The van der Waals surface area contributed by atoms with E-state index in [2.05, 4.69) is 11.1 Å². The van der Waals surface area contributed by atoms with Crippen LogP contribution in [0, 0.1) is 0 Å². The van der Waals surface area contributed by atoms with E-state index < -0.39 is 5.97 Å². The Kier molecular flexibility index (Phi) is 4.50. The Labute approximate surface area is 135 Å². The molecule has 0 spiro atoms. The van der Waals surface area contributed by atoms with Gasteiger partial charge in [0.2, 0.25) is 0 Å². The fraction of sp³-hybridized carbons (Fsp3) is 0.412. The second kappa shape index (κ2) is 6.73. The number of aliphatic carboxylic acids is 1. The molecule has 1 aliphatic heterocycles. The van der Waals surface area contributed by atoms with Gasteiger partial charge in [-0.1, -0.05) is 0 Å². The number of anilines is 1. The summed E-state index contributed by atoms with van der Waals surface area (Å²) in [5, 5.41) is 9.13. The van der Waals surface area contributed by atoms with Gasteiger partial charge in [-0.15, -0.1) is 0 Å². The Hall–Kier alpha value is -2.50. The molecule has 0 saturated heterocycles. The molecule has 6 nitrogen and oxygen atoms in total. The number of hydrogen-bond donors (Lipinski definition) is 1. The molecule has 0 amide bonds. The number of carboxylic acids is 1. The lowest BCUT2D eigenvalue weighted by molar-refractivity contribution is -0.135. The number of imidazole rings is 1. The van der Waals surface area contributed by atoms with E-state index in [1.807, 2.05) is 41.0 Å².